The van der Waals surface area contributed by atoms with Crippen LogP contribution in [-0.2, 0) is 4.79 Å². The third-order valence-corrected chi connectivity index (χ3v) is 2.36. The second-order valence-electron chi connectivity index (χ2n) is 3.26. The molecule has 0 radical (unpaired) electrons. The van der Waals surface area contributed by atoms with Crippen molar-refractivity contribution in [1.82, 2.24) is 21.3 Å². The minimum Gasteiger partial charge on any atom is -0.364 e. The number of hydrazine groups is 2. The van der Waals surface area contributed by atoms with Gasteiger partial charge < -0.3 is 4.98 Å². The molecule has 0 spiro atoms. The highest BCUT2D eigenvalue weighted by Crippen LogP contribution is 2.20. The van der Waals surface area contributed by atoms with Gasteiger partial charge in [-0.1, -0.05) is 0 Å². The molecule has 1 aromatic rings. The average molecular weight is 195 g/mol. The Hall–Kier alpha value is -1.37. The van der Waals surface area contributed by atoms with Crippen LogP contribution in [0.5, 0.6) is 0 Å². The molecule has 0 saturated carbocycles. The highest BCUT2D eigenvalue weighted by Gasteiger charge is 2.29. The molecule has 0 bridgehead atoms. The lowest BCUT2D eigenvalue weighted by Crippen LogP contribution is -2.45. The van der Waals surface area contributed by atoms with E-state index in [0.717, 1.165) is 5.69 Å². The number of aromatic amines is 1. The number of hydrogen-bond donors (Lipinski definition) is 5. The predicted molar refractivity (Wildman–Crippen MR) is 50.5 cm³/mol. The normalized spacial score (nSPS) is 26.4. The predicted octanol–water partition coefficient (Wildman–Crippen LogP) is -1.09. The van der Waals surface area contributed by atoms with E-state index in [9.17, 15) is 4.79 Å². The minimum atomic E-state index is -0.270. The standard InChI is InChI=1S/C8H13N5O/c9-11-8(14)7-4-6(12-13-7)5-2-1-3-10-5/h1-3,6-7,10,12-13H,4,9H2,(H,11,14). The van der Waals surface area contributed by atoms with Crippen LogP contribution >= 0.6 is 0 Å². The van der Waals surface area contributed by atoms with Gasteiger partial charge in [-0.25, -0.2) is 16.7 Å². The van der Waals surface area contributed by atoms with E-state index in [0.29, 0.717) is 6.42 Å². The van der Waals surface area contributed by atoms with Crippen LogP contribution in [-0.4, -0.2) is 16.9 Å². The maximum absolute atomic E-state index is 11.2. The highest BCUT2D eigenvalue weighted by molar-refractivity contribution is 5.81. The Morgan fingerprint density at radius 3 is 3.07 bits per heavy atom. The molecule has 1 saturated heterocycles. The van der Waals surface area contributed by atoms with E-state index in [1.165, 1.54) is 0 Å². The summed E-state index contributed by atoms with van der Waals surface area (Å²) in [6.45, 7) is 0. The molecular weight excluding hydrogens is 182 g/mol. The molecule has 1 aliphatic rings. The molecule has 6 nitrogen and oxygen atoms in total. The number of amides is 1. The van der Waals surface area contributed by atoms with Crippen molar-refractivity contribution in [1.29, 1.82) is 0 Å². The number of aromatic nitrogens is 1. The largest absolute Gasteiger partial charge is 0.364 e. The smallest absolute Gasteiger partial charge is 0.252 e. The van der Waals surface area contributed by atoms with Crippen molar-refractivity contribution in [2.45, 2.75) is 18.5 Å². The number of carbonyl (C=O) groups excluding carboxylic acids is 1. The van der Waals surface area contributed by atoms with Crippen molar-refractivity contribution in [3.8, 4) is 0 Å². The van der Waals surface area contributed by atoms with Gasteiger partial charge in [-0.3, -0.25) is 10.2 Å². The van der Waals surface area contributed by atoms with E-state index in [1.54, 1.807) is 0 Å². The van der Waals surface area contributed by atoms with Crippen LogP contribution in [0.4, 0.5) is 0 Å². The van der Waals surface area contributed by atoms with Gasteiger partial charge in [-0.05, 0) is 18.6 Å². The Morgan fingerprint density at radius 1 is 1.57 bits per heavy atom. The Morgan fingerprint density at radius 2 is 2.43 bits per heavy atom. The van der Waals surface area contributed by atoms with Crippen LogP contribution in [0.3, 0.4) is 0 Å². The van der Waals surface area contributed by atoms with Gasteiger partial charge in [-0.2, -0.15) is 0 Å². The van der Waals surface area contributed by atoms with Crippen LogP contribution in [0.1, 0.15) is 18.2 Å². The molecular formula is C8H13N5O. The molecule has 0 aromatic carbocycles. The molecule has 2 rings (SSSR count). The summed E-state index contributed by atoms with van der Waals surface area (Å²) in [5.41, 5.74) is 9.09. The van der Waals surface area contributed by atoms with E-state index >= 15 is 0 Å². The van der Waals surface area contributed by atoms with Crippen molar-refractivity contribution in [2.24, 2.45) is 5.84 Å². The highest BCUT2D eigenvalue weighted by atomic mass is 16.2. The minimum absolute atomic E-state index is 0.132. The lowest BCUT2D eigenvalue weighted by atomic mass is 10.1. The Kier molecular flexibility index (Phi) is 2.49. The lowest BCUT2D eigenvalue weighted by Gasteiger charge is -2.06. The van der Waals surface area contributed by atoms with Gasteiger partial charge in [0, 0.05) is 11.9 Å². The monoisotopic (exact) mass is 195 g/mol. The fraction of sp³-hybridized carbons (Fsp3) is 0.375. The number of nitrogens with two attached hydrogens (primary N) is 1. The molecule has 76 valence electrons. The first-order chi connectivity index (χ1) is 6.81. The number of H-pyrrole nitrogens is 1. The third kappa shape index (κ3) is 1.63. The lowest BCUT2D eigenvalue weighted by molar-refractivity contribution is -0.122. The quantitative estimate of drug-likeness (QED) is 0.235. The van der Waals surface area contributed by atoms with Crippen molar-refractivity contribution < 1.29 is 4.79 Å². The second kappa shape index (κ2) is 3.79. The molecule has 1 amide bonds. The van der Waals surface area contributed by atoms with E-state index in [2.05, 4.69) is 21.3 Å². The fourth-order valence-electron chi connectivity index (χ4n) is 1.59. The van der Waals surface area contributed by atoms with Gasteiger partial charge in [0.15, 0.2) is 0 Å². The summed E-state index contributed by atoms with van der Waals surface area (Å²) in [6.07, 6.45) is 2.54. The number of nitrogens with one attached hydrogen (secondary N) is 4. The SMILES string of the molecule is NNC(=O)C1CC(c2ccc[nH]2)NN1. The van der Waals surface area contributed by atoms with Crippen molar-refractivity contribution >= 4 is 5.91 Å². The summed E-state index contributed by atoms with van der Waals surface area (Å²) in [5, 5.41) is 0. The molecule has 2 atom stereocenters. The Bertz CT molecular complexity index is 310. The molecule has 1 aromatic heterocycles. The Labute approximate surface area is 81.2 Å². The molecule has 1 aliphatic heterocycles. The van der Waals surface area contributed by atoms with E-state index in [4.69, 9.17) is 5.84 Å². The molecule has 2 unspecified atom stereocenters. The molecule has 6 N–H and O–H groups in total. The zero-order valence-electron chi connectivity index (χ0n) is 7.58. The van der Waals surface area contributed by atoms with E-state index in [1.807, 2.05) is 18.3 Å². The maximum atomic E-state index is 11.2. The zero-order chi connectivity index (χ0) is 9.97. The third-order valence-electron chi connectivity index (χ3n) is 2.36. The number of carbonyl (C=O) groups is 1. The van der Waals surface area contributed by atoms with Crippen molar-refractivity contribution in [3.63, 3.8) is 0 Å². The van der Waals surface area contributed by atoms with Gasteiger partial charge in [0.1, 0.15) is 6.04 Å². The van der Waals surface area contributed by atoms with Crippen LogP contribution < -0.4 is 22.1 Å². The topological polar surface area (TPSA) is 95.0 Å². The van der Waals surface area contributed by atoms with Crippen LogP contribution in [0.2, 0.25) is 0 Å². The summed E-state index contributed by atoms with van der Waals surface area (Å²) in [5.74, 6) is 4.84. The fourth-order valence-corrected chi connectivity index (χ4v) is 1.59. The zero-order valence-corrected chi connectivity index (χ0v) is 7.58. The summed E-state index contributed by atoms with van der Waals surface area (Å²) in [6, 6.07) is 3.76. The van der Waals surface area contributed by atoms with Crippen LogP contribution in [0.15, 0.2) is 18.3 Å². The molecule has 1 fully saturated rings. The molecule has 0 aliphatic carbocycles. The van der Waals surface area contributed by atoms with Crippen LogP contribution in [0.25, 0.3) is 0 Å². The summed E-state index contributed by atoms with van der Waals surface area (Å²) in [4.78, 5) is 14.3. The summed E-state index contributed by atoms with van der Waals surface area (Å²) in [7, 11) is 0. The molecule has 6 heteroatoms. The van der Waals surface area contributed by atoms with E-state index in [-0.39, 0.29) is 18.0 Å². The van der Waals surface area contributed by atoms with Gasteiger partial charge >= 0.3 is 0 Å². The Balaban J connectivity index is 1.98. The molecule has 2 heterocycles. The number of hydrogen-bond acceptors (Lipinski definition) is 4. The van der Waals surface area contributed by atoms with Gasteiger partial charge in [-0.15, -0.1) is 0 Å². The first-order valence-electron chi connectivity index (χ1n) is 4.46. The summed E-state index contributed by atoms with van der Waals surface area (Å²) < 4.78 is 0. The summed E-state index contributed by atoms with van der Waals surface area (Å²) >= 11 is 0. The maximum Gasteiger partial charge on any atom is 0.252 e. The van der Waals surface area contributed by atoms with Gasteiger partial charge in [0.25, 0.3) is 5.91 Å². The average Bonchev–Trinajstić information content (AvgIpc) is 2.86. The van der Waals surface area contributed by atoms with Gasteiger partial charge in [0.2, 0.25) is 0 Å². The molecule has 14 heavy (non-hydrogen) atoms. The van der Waals surface area contributed by atoms with Crippen molar-refractivity contribution in [3.05, 3.63) is 24.0 Å². The first-order valence-corrected chi connectivity index (χ1v) is 4.46. The first kappa shape index (κ1) is 9.20. The second-order valence-corrected chi connectivity index (χ2v) is 3.26. The van der Waals surface area contributed by atoms with Gasteiger partial charge in [0.05, 0.1) is 6.04 Å². The van der Waals surface area contributed by atoms with Crippen LogP contribution in [0, 0.1) is 0 Å². The van der Waals surface area contributed by atoms with E-state index < -0.39 is 0 Å². The van der Waals surface area contributed by atoms with Crippen molar-refractivity contribution in [2.75, 3.05) is 0 Å². The number of rotatable bonds is 2.